The first kappa shape index (κ1) is 12.9. The highest BCUT2D eigenvalue weighted by Gasteiger charge is 2.14. The van der Waals surface area contributed by atoms with Gasteiger partial charge >= 0.3 is 0 Å². The van der Waals surface area contributed by atoms with Crippen molar-refractivity contribution in [3.05, 3.63) is 23.8 Å². The fourth-order valence-corrected chi connectivity index (χ4v) is 1.74. The Bertz CT molecular complexity index is 324. The highest BCUT2D eigenvalue weighted by Crippen LogP contribution is 2.18. The van der Waals surface area contributed by atoms with Crippen LogP contribution in [0.3, 0.4) is 0 Å². The zero-order chi connectivity index (χ0) is 12.0. The van der Waals surface area contributed by atoms with Gasteiger partial charge in [0.25, 0.3) is 0 Å². The van der Waals surface area contributed by atoms with Crippen LogP contribution < -0.4 is 0 Å². The van der Waals surface area contributed by atoms with Crippen LogP contribution in [-0.2, 0) is 9.59 Å². The Morgan fingerprint density at radius 1 is 1.31 bits per heavy atom. The van der Waals surface area contributed by atoms with Crippen molar-refractivity contribution < 1.29 is 9.59 Å². The van der Waals surface area contributed by atoms with Crippen LogP contribution in [-0.4, -0.2) is 11.6 Å². The molecule has 1 unspecified atom stereocenters. The summed E-state index contributed by atoms with van der Waals surface area (Å²) in [4.78, 5) is 21.3. The van der Waals surface area contributed by atoms with Crippen molar-refractivity contribution in [2.45, 2.75) is 46.0 Å². The second-order valence-corrected chi connectivity index (χ2v) is 4.62. The third kappa shape index (κ3) is 4.56. The second-order valence-electron chi connectivity index (χ2n) is 4.62. The van der Waals surface area contributed by atoms with Crippen LogP contribution in [0.5, 0.6) is 0 Å². The fourth-order valence-electron chi connectivity index (χ4n) is 1.74. The van der Waals surface area contributed by atoms with Crippen molar-refractivity contribution in [3.8, 4) is 0 Å². The number of allylic oxidation sites excluding steroid dienone is 4. The molecule has 0 heterocycles. The summed E-state index contributed by atoms with van der Waals surface area (Å²) in [5.74, 6) is 1.18. The van der Waals surface area contributed by atoms with Crippen molar-refractivity contribution in [2.75, 3.05) is 0 Å². The van der Waals surface area contributed by atoms with Gasteiger partial charge in [-0.25, -0.2) is 0 Å². The molecule has 0 aromatic heterocycles. The van der Waals surface area contributed by atoms with Crippen molar-refractivity contribution in [3.63, 3.8) is 0 Å². The van der Waals surface area contributed by atoms with Crippen molar-refractivity contribution >= 4 is 11.6 Å². The Morgan fingerprint density at radius 3 is 2.44 bits per heavy atom. The maximum atomic E-state index is 10.9. The minimum absolute atomic E-state index is 0.284. The van der Waals surface area contributed by atoms with Gasteiger partial charge in [-0.05, 0) is 43.8 Å². The lowest BCUT2D eigenvalue weighted by Gasteiger charge is -2.13. The molecule has 0 fully saturated rings. The van der Waals surface area contributed by atoms with E-state index in [9.17, 15) is 9.59 Å². The zero-order valence-electron chi connectivity index (χ0n) is 10.2. The van der Waals surface area contributed by atoms with Gasteiger partial charge < -0.3 is 0 Å². The average Bonchev–Trinajstić information content (AvgIpc) is 2.26. The lowest BCUT2D eigenvalue weighted by molar-refractivity contribution is -0.117. The molecule has 0 spiro atoms. The average molecular weight is 220 g/mol. The van der Waals surface area contributed by atoms with Gasteiger partial charge in [-0.3, -0.25) is 9.59 Å². The fraction of sp³-hybridized carbons (Fsp3) is 0.571. The maximum absolute atomic E-state index is 10.9. The third-order valence-corrected chi connectivity index (χ3v) is 2.90. The predicted molar refractivity (Wildman–Crippen MR) is 65.2 cm³/mol. The van der Waals surface area contributed by atoms with Crippen LogP contribution in [0.25, 0.3) is 0 Å². The molecule has 0 amide bonds. The Labute approximate surface area is 97.4 Å². The smallest absolute Gasteiger partial charge is 0.158 e. The van der Waals surface area contributed by atoms with Crippen LogP contribution in [0.15, 0.2) is 23.8 Å². The molecule has 0 saturated heterocycles. The first-order chi connectivity index (χ1) is 7.59. The maximum Gasteiger partial charge on any atom is 0.158 e. The first-order valence-corrected chi connectivity index (χ1v) is 5.99. The molecule has 2 heteroatoms. The van der Waals surface area contributed by atoms with E-state index < -0.39 is 0 Å². The first-order valence-electron chi connectivity index (χ1n) is 5.99. The van der Waals surface area contributed by atoms with Gasteiger partial charge in [-0.15, -0.1) is 0 Å². The molecular formula is C14H20O2. The van der Waals surface area contributed by atoms with E-state index in [0.29, 0.717) is 11.7 Å². The minimum Gasteiger partial charge on any atom is -0.295 e. The summed E-state index contributed by atoms with van der Waals surface area (Å²) >= 11 is 0. The molecule has 0 radical (unpaired) electrons. The predicted octanol–water partition coefficient (Wildman–Crippen LogP) is 3.23. The van der Waals surface area contributed by atoms with Crippen LogP contribution in [0.1, 0.15) is 46.0 Å². The molecule has 2 aliphatic rings. The van der Waals surface area contributed by atoms with Crippen LogP contribution in [0.4, 0.5) is 0 Å². The molecule has 0 aromatic carbocycles. The summed E-state index contributed by atoms with van der Waals surface area (Å²) in [6.07, 6.45) is 10.4. The molecular weight excluding hydrogens is 200 g/mol. The van der Waals surface area contributed by atoms with Crippen molar-refractivity contribution in [2.24, 2.45) is 5.92 Å². The number of rotatable bonds is 0. The summed E-state index contributed by atoms with van der Waals surface area (Å²) in [5, 5.41) is 0. The molecule has 2 aliphatic carbocycles. The summed E-state index contributed by atoms with van der Waals surface area (Å²) in [6.45, 7) is 4.01. The number of carbonyl (C=O) groups is 2. The summed E-state index contributed by atoms with van der Waals surface area (Å²) in [5.41, 5.74) is 0.952. The van der Waals surface area contributed by atoms with Crippen molar-refractivity contribution in [1.29, 1.82) is 0 Å². The molecule has 2 rings (SSSR count). The molecule has 0 saturated carbocycles. The van der Waals surface area contributed by atoms with Crippen LogP contribution in [0, 0.1) is 5.92 Å². The Hall–Kier alpha value is -1.18. The summed E-state index contributed by atoms with van der Waals surface area (Å²) in [7, 11) is 0. The molecule has 16 heavy (non-hydrogen) atoms. The van der Waals surface area contributed by atoms with Gasteiger partial charge in [0.2, 0.25) is 0 Å². The van der Waals surface area contributed by atoms with Gasteiger partial charge in [0.05, 0.1) is 0 Å². The van der Waals surface area contributed by atoms with E-state index in [1.54, 1.807) is 6.08 Å². The summed E-state index contributed by atoms with van der Waals surface area (Å²) in [6, 6.07) is 0. The molecule has 0 aromatic rings. The molecule has 0 bridgehead atoms. The van der Waals surface area contributed by atoms with E-state index >= 15 is 0 Å². The third-order valence-electron chi connectivity index (χ3n) is 2.90. The Balaban J connectivity index is 0.000000165. The van der Waals surface area contributed by atoms with Gasteiger partial charge in [-0.2, -0.15) is 0 Å². The lowest BCUT2D eigenvalue weighted by Crippen LogP contribution is -2.11. The molecule has 0 aliphatic heterocycles. The van der Waals surface area contributed by atoms with E-state index in [-0.39, 0.29) is 5.78 Å². The van der Waals surface area contributed by atoms with Crippen LogP contribution >= 0.6 is 0 Å². The quantitative estimate of drug-likeness (QED) is 0.628. The molecule has 1 atom stereocenters. The van der Waals surface area contributed by atoms with Gasteiger partial charge in [-0.1, -0.05) is 19.1 Å². The monoisotopic (exact) mass is 220 g/mol. The molecule has 88 valence electrons. The van der Waals surface area contributed by atoms with E-state index in [2.05, 4.69) is 6.92 Å². The number of hydrogen-bond acceptors (Lipinski definition) is 2. The zero-order valence-corrected chi connectivity index (χ0v) is 10.2. The summed E-state index contributed by atoms with van der Waals surface area (Å²) < 4.78 is 0. The Kier molecular flexibility index (Phi) is 5.17. The number of Topliss-reactive ketones (excluding diaryl/α,β-unsaturated/α-hetero) is 1. The highest BCUT2D eigenvalue weighted by atomic mass is 16.1. The van der Waals surface area contributed by atoms with E-state index in [4.69, 9.17) is 0 Å². The standard InChI is InChI=1S/C8H12O.C6H8O/c1-6-3-4-7(2)8(9)5-6;7-6-4-2-1-3-5-6/h4,6H,3,5H2,1-2H3;2,4H,1,3,5H2. The molecule has 0 N–H and O–H groups in total. The number of carbonyl (C=O) groups excluding carboxylic acids is 2. The van der Waals surface area contributed by atoms with E-state index in [1.807, 2.05) is 19.1 Å². The number of ketones is 2. The van der Waals surface area contributed by atoms with Gasteiger partial charge in [0, 0.05) is 12.8 Å². The second kappa shape index (κ2) is 6.41. The Morgan fingerprint density at radius 2 is 2.06 bits per heavy atom. The lowest BCUT2D eigenvalue weighted by atomic mass is 9.91. The normalized spacial score (nSPS) is 24.6. The largest absolute Gasteiger partial charge is 0.295 e. The highest BCUT2D eigenvalue weighted by molar-refractivity contribution is 5.95. The van der Waals surface area contributed by atoms with Gasteiger partial charge in [0.1, 0.15) is 0 Å². The SMILES string of the molecule is CC1=CCC(C)CC1=O.O=C1C=CCCC1. The van der Waals surface area contributed by atoms with Gasteiger partial charge in [0.15, 0.2) is 11.6 Å². The van der Waals surface area contributed by atoms with Crippen molar-refractivity contribution in [1.82, 2.24) is 0 Å². The van der Waals surface area contributed by atoms with E-state index in [0.717, 1.165) is 37.7 Å². The minimum atomic E-state index is 0.284. The topological polar surface area (TPSA) is 34.1 Å². The number of hydrogen-bond donors (Lipinski definition) is 0. The van der Waals surface area contributed by atoms with E-state index in [1.165, 1.54) is 0 Å². The van der Waals surface area contributed by atoms with Crippen LogP contribution in [0.2, 0.25) is 0 Å². The molecule has 2 nitrogen and oxygen atoms in total.